The molecule has 3 nitrogen and oxygen atoms in total. The van der Waals surface area contributed by atoms with Crippen molar-refractivity contribution in [2.45, 2.75) is 37.7 Å². The lowest BCUT2D eigenvalue weighted by Crippen LogP contribution is -2.26. The van der Waals surface area contributed by atoms with Gasteiger partial charge in [0.25, 0.3) is 0 Å². The average Bonchev–Trinajstić information content (AvgIpc) is 2.91. The highest BCUT2D eigenvalue weighted by atomic mass is 32.2. The maximum atomic E-state index is 12.0. The highest BCUT2D eigenvalue weighted by molar-refractivity contribution is 8.21. The third-order valence-corrected chi connectivity index (χ3v) is 6.80. The molecule has 0 spiro atoms. The van der Waals surface area contributed by atoms with Crippen molar-refractivity contribution in [3.63, 3.8) is 0 Å². The summed E-state index contributed by atoms with van der Waals surface area (Å²) in [5.74, 6) is 2.24. The van der Waals surface area contributed by atoms with E-state index in [1.807, 2.05) is 42.6 Å². The number of amides is 1. The number of carbonyl (C=O) groups is 1. The number of thioether (sulfide) groups is 2. The van der Waals surface area contributed by atoms with E-state index in [0.717, 1.165) is 29.2 Å². The molecular weight excluding hydrogens is 300 g/mol. The minimum Gasteiger partial charge on any atom is -0.273 e. The maximum absolute atomic E-state index is 12.0. The topological polar surface area (TPSA) is 41.5 Å². The van der Waals surface area contributed by atoms with Crippen LogP contribution in [0, 0.1) is 0 Å². The number of hydrazone groups is 1. The molecular formula is C16H22N2OS2. The third-order valence-electron chi connectivity index (χ3n) is 3.51. The van der Waals surface area contributed by atoms with Gasteiger partial charge in [-0.25, -0.2) is 5.43 Å². The first-order chi connectivity index (χ1) is 10.0. The van der Waals surface area contributed by atoms with Crippen molar-refractivity contribution in [2.24, 2.45) is 5.10 Å². The van der Waals surface area contributed by atoms with Gasteiger partial charge in [0.1, 0.15) is 0 Å². The summed E-state index contributed by atoms with van der Waals surface area (Å²) in [6, 6.07) is 8.30. The van der Waals surface area contributed by atoms with Gasteiger partial charge in [0.05, 0.1) is 16.2 Å². The smallest absolute Gasteiger partial charge is 0.242 e. The van der Waals surface area contributed by atoms with Crippen molar-refractivity contribution >= 4 is 35.1 Å². The Morgan fingerprint density at radius 2 is 1.90 bits per heavy atom. The van der Waals surface area contributed by atoms with E-state index in [4.69, 9.17) is 0 Å². The van der Waals surface area contributed by atoms with Gasteiger partial charge >= 0.3 is 0 Å². The van der Waals surface area contributed by atoms with E-state index in [1.165, 1.54) is 5.56 Å². The number of aryl methyl sites for hydroxylation is 1. The fraction of sp³-hybridized carbons (Fsp3) is 0.500. The molecule has 1 saturated heterocycles. The number of rotatable bonds is 5. The number of benzene rings is 1. The zero-order chi connectivity index (χ0) is 15.3. The van der Waals surface area contributed by atoms with E-state index in [9.17, 15) is 4.79 Å². The fourth-order valence-electron chi connectivity index (χ4n) is 2.18. The number of nitrogens with one attached hydrogen (secondary N) is 1. The van der Waals surface area contributed by atoms with E-state index < -0.39 is 0 Å². The summed E-state index contributed by atoms with van der Waals surface area (Å²) in [7, 11) is 0. The molecule has 1 aliphatic heterocycles. The van der Waals surface area contributed by atoms with E-state index in [2.05, 4.69) is 36.5 Å². The van der Waals surface area contributed by atoms with Gasteiger partial charge in [-0.3, -0.25) is 4.79 Å². The minimum absolute atomic E-state index is 0.0102. The van der Waals surface area contributed by atoms with Crippen molar-refractivity contribution in [2.75, 3.05) is 11.5 Å². The first-order valence-corrected chi connectivity index (χ1v) is 9.20. The lowest BCUT2D eigenvalue weighted by molar-refractivity contribution is -0.121. The van der Waals surface area contributed by atoms with E-state index in [-0.39, 0.29) is 9.99 Å². The molecule has 1 N–H and O–H groups in total. The normalized spacial score (nSPS) is 17.8. The van der Waals surface area contributed by atoms with Crippen LogP contribution in [0.5, 0.6) is 0 Å². The highest BCUT2D eigenvalue weighted by Crippen LogP contribution is 2.45. The largest absolute Gasteiger partial charge is 0.273 e. The van der Waals surface area contributed by atoms with Crippen molar-refractivity contribution in [1.82, 2.24) is 5.43 Å². The summed E-state index contributed by atoms with van der Waals surface area (Å²) in [5.41, 5.74) is 5.87. The molecule has 2 rings (SSSR count). The van der Waals surface area contributed by atoms with Crippen LogP contribution >= 0.6 is 23.5 Å². The summed E-state index contributed by atoms with van der Waals surface area (Å²) in [4.78, 5) is 12.0. The van der Waals surface area contributed by atoms with Crippen molar-refractivity contribution in [3.05, 3.63) is 35.4 Å². The summed E-state index contributed by atoms with van der Waals surface area (Å²) in [5, 5.41) is 4.22. The van der Waals surface area contributed by atoms with Gasteiger partial charge in [-0.2, -0.15) is 5.10 Å². The Bertz CT molecular complexity index is 520. The zero-order valence-electron chi connectivity index (χ0n) is 12.8. The van der Waals surface area contributed by atoms with Crippen molar-refractivity contribution in [3.8, 4) is 0 Å². The predicted octanol–water partition coefficient (Wildman–Crippen LogP) is 3.68. The van der Waals surface area contributed by atoms with Crippen molar-refractivity contribution < 1.29 is 4.79 Å². The summed E-state index contributed by atoms with van der Waals surface area (Å²) in [6.45, 7) is 6.19. The van der Waals surface area contributed by atoms with Crippen LogP contribution < -0.4 is 5.43 Å². The molecule has 114 valence electrons. The molecule has 21 heavy (non-hydrogen) atoms. The molecule has 1 amide bonds. The number of hydrogen-bond acceptors (Lipinski definition) is 4. The SMILES string of the molecule is CCc1ccc(/C(C)=N/NC(=O)CC2(C)SCCS2)cc1. The van der Waals surface area contributed by atoms with Gasteiger partial charge in [0.2, 0.25) is 5.91 Å². The van der Waals surface area contributed by atoms with Crippen molar-refractivity contribution in [1.29, 1.82) is 0 Å². The fourth-order valence-corrected chi connectivity index (χ4v) is 5.01. The Labute approximate surface area is 135 Å². The second kappa shape index (κ2) is 7.36. The minimum atomic E-state index is -0.0103. The Hall–Kier alpha value is -0.940. The number of nitrogens with zero attached hydrogens (tertiary/aromatic N) is 1. The average molecular weight is 322 g/mol. The molecule has 0 aromatic heterocycles. The second-order valence-electron chi connectivity index (χ2n) is 5.29. The molecule has 0 atom stereocenters. The maximum Gasteiger partial charge on any atom is 0.242 e. The first-order valence-electron chi connectivity index (χ1n) is 7.23. The molecule has 0 aliphatic carbocycles. The van der Waals surface area contributed by atoms with Crippen LogP contribution in [0.15, 0.2) is 29.4 Å². The van der Waals surface area contributed by atoms with Gasteiger partial charge in [-0.05, 0) is 31.4 Å². The van der Waals surface area contributed by atoms with Crippen LogP contribution in [-0.4, -0.2) is 27.2 Å². The van der Waals surface area contributed by atoms with Gasteiger partial charge in [-0.1, -0.05) is 31.2 Å². The molecule has 1 aliphatic rings. The number of hydrogen-bond donors (Lipinski definition) is 1. The molecule has 5 heteroatoms. The zero-order valence-corrected chi connectivity index (χ0v) is 14.4. The van der Waals surface area contributed by atoms with Crippen LogP contribution in [0.1, 0.15) is 38.3 Å². The molecule has 1 fully saturated rings. The highest BCUT2D eigenvalue weighted by Gasteiger charge is 2.32. The van der Waals surface area contributed by atoms with Crippen LogP contribution in [0.3, 0.4) is 0 Å². The van der Waals surface area contributed by atoms with Crippen LogP contribution in [0.25, 0.3) is 0 Å². The Morgan fingerprint density at radius 1 is 1.29 bits per heavy atom. The molecule has 0 saturated carbocycles. The second-order valence-corrected chi connectivity index (χ2v) is 8.74. The molecule has 0 radical (unpaired) electrons. The van der Waals surface area contributed by atoms with Gasteiger partial charge < -0.3 is 0 Å². The van der Waals surface area contributed by atoms with Crippen LogP contribution in [0.4, 0.5) is 0 Å². The summed E-state index contributed by atoms with van der Waals surface area (Å²) >= 11 is 3.72. The Balaban J connectivity index is 1.91. The molecule has 1 aromatic rings. The lowest BCUT2D eigenvalue weighted by atomic mass is 10.1. The van der Waals surface area contributed by atoms with E-state index in [1.54, 1.807) is 0 Å². The molecule has 0 unspecified atom stereocenters. The first kappa shape index (κ1) is 16.4. The van der Waals surface area contributed by atoms with Crippen LogP contribution in [0.2, 0.25) is 0 Å². The third kappa shape index (κ3) is 4.78. The Morgan fingerprint density at radius 3 is 2.48 bits per heavy atom. The van der Waals surface area contributed by atoms with Crippen LogP contribution in [-0.2, 0) is 11.2 Å². The predicted molar refractivity (Wildman–Crippen MR) is 94.1 cm³/mol. The van der Waals surface area contributed by atoms with Gasteiger partial charge in [-0.15, -0.1) is 23.5 Å². The quantitative estimate of drug-likeness (QED) is 0.664. The lowest BCUT2D eigenvalue weighted by Gasteiger charge is -2.19. The van der Waals surface area contributed by atoms with Gasteiger partial charge in [0, 0.05) is 11.5 Å². The number of carbonyl (C=O) groups excluding carboxylic acids is 1. The Kier molecular flexibility index (Phi) is 5.76. The molecule has 0 bridgehead atoms. The monoisotopic (exact) mass is 322 g/mol. The van der Waals surface area contributed by atoms with E-state index in [0.29, 0.717) is 6.42 Å². The standard InChI is InChI=1S/C16H22N2OS2/c1-4-13-5-7-14(8-6-13)12(2)17-18-15(19)11-16(3)20-9-10-21-16/h5-8H,4,9-11H2,1-3H3,(H,18,19)/b17-12+. The molecule has 1 aromatic carbocycles. The summed E-state index contributed by atoms with van der Waals surface area (Å²) in [6.07, 6.45) is 1.54. The summed E-state index contributed by atoms with van der Waals surface area (Å²) < 4.78 is 0.0102. The van der Waals surface area contributed by atoms with Gasteiger partial charge in [0.15, 0.2) is 0 Å². The molecule has 1 heterocycles. The van der Waals surface area contributed by atoms with E-state index >= 15 is 0 Å².